The SMILES string of the molecule is CCCNCCCc1nnc(-c2c(F)cccc2Cl)o1. The van der Waals surface area contributed by atoms with Crippen LogP contribution in [0.2, 0.25) is 5.02 Å². The molecule has 2 aromatic rings. The van der Waals surface area contributed by atoms with Gasteiger partial charge in [0.25, 0.3) is 5.89 Å². The van der Waals surface area contributed by atoms with E-state index in [9.17, 15) is 4.39 Å². The third-order valence-corrected chi connectivity index (χ3v) is 3.13. The van der Waals surface area contributed by atoms with Crippen LogP contribution in [0, 0.1) is 5.82 Å². The van der Waals surface area contributed by atoms with Gasteiger partial charge in [0, 0.05) is 6.42 Å². The van der Waals surface area contributed by atoms with Crippen molar-refractivity contribution in [2.75, 3.05) is 13.1 Å². The Morgan fingerprint density at radius 1 is 1.30 bits per heavy atom. The minimum absolute atomic E-state index is 0.129. The lowest BCUT2D eigenvalue weighted by molar-refractivity contribution is 0.488. The fraction of sp³-hybridized carbons (Fsp3) is 0.429. The van der Waals surface area contributed by atoms with Gasteiger partial charge in [0.2, 0.25) is 5.89 Å². The van der Waals surface area contributed by atoms with Gasteiger partial charge in [-0.15, -0.1) is 10.2 Å². The van der Waals surface area contributed by atoms with Crippen molar-refractivity contribution in [2.45, 2.75) is 26.2 Å². The quantitative estimate of drug-likeness (QED) is 0.795. The first-order valence-electron chi connectivity index (χ1n) is 6.70. The summed E-state index contributed by atoms with van der Waals surface area (Å²) in [6.07, 6.45) is 2.67. The summed E-state index contributed by atoms with van der Waals surface area (Å²) < 4.78 is 19.2. The first-order chi connectivity index (χ1) is 9.72. The predicted molar refractivity (Wildman–Crippen MR) is 76.2 cm³/mol. The normalized spacial score (nSPS) is 10.9. The van der Waals surface area contributed by atoms with Crippen molar-refractivity contribution in [3.8, 4) is 11.5 Å². The van der Waals surface area contributed by atoms with Gasteiger partial charge in [-0.2, -0.15) is 0 Å². The van der Waals surface area contributed by atoms with E-state index in [0.29, 0.717) is 12.3 Å². The van der Waals surface area contributed by atoms with Crippen LogP contribution in [-0.2, 0) is 6.42 Å². The topological polar surface area (TPSA) is 51.0 Å². The number of nitrogens with one attached hydrogen (secondary N) is 1. The Labute approximate surface area is 122 Å². The standard InChI is InChI=1S/C14H17ClFN3O/c1-2-8-17-9-4-7-12-18-19-14(20-12)13-10(15)5-3-6-11(13)16/h3,5-6,17H,2,4,7-9H2,1H3. The molecule has 0 spiro atoms. The lowest BCUT2D eigenvalue weighted by Gasteiger charge is -2.01. The minimum atomic E-state index is -0.461. The summed E-state index contributed by atoms with van der Waals surface area (Å²) in [5.74, 6) is 0.166. The van der Waals surface area contributed by atoms with E-state index in [1.165, 1.54) is 12.1 Å². The second-order valence-electron chi connectivity index (χ2n) is 4.45. The number of benzene rings is 1. The van der Waals surface area contributed by atoms with Crippen molar-refractivity contribution >= 4 is 11.6 Å². The zero-order chi connectivity index (χ0) is 14.4. The first-order valence-corrected chi connectivity index (χ1v) is 7.07. The van der Waals surface area contributed by atoms with Crippen LogP contribution in [0.1, 0.15) is 25.7 Å². The maximum atomic E-state index is 13.7. The number of rotatable bonds is 7. The average Bonchev–Trinajstić information content (AvgIpc) is 2.87. The maximum absolute atomic E-state index is 13.7. The Morgan fingerprint density at radius 2 is 2.15 bits per heavy atom. The molecular formula is C14H17ClFN3O. The van der Waals surface area contributed by atoms with E-state index in [4.69, 9.17) is 16.0 Å². The smallest absolute Gasteiger partial charge is 0.252 e. The molecule has 0 aliphatic rings. The van der Waals surface area contributed by atoms with Gasteiger partial charge < -0.3 is 9.73 Å². The molecule has 0 fully saturated rings. The van der Waals surface area contributed by atoms with Gasteiger partial charge >= 0.3 is 0 Å². The van der Waals surface area contributed by atoms with Crippen LogP contribution in [0.4, 0.5) is 4.39 Å². The number of nitrogens with zero attached hydrogens (tertiary/aromatic N) is 2. The van der Waals surface area contributed by atoms with E-state index in [1.807, 2.05) is 0 Å². The summed E-state index contributed by atoms with van der Waals surface area (Å²) >= 11 is 5.96. The fourth-order valence-electron chi connectivity index (χ4n) is 1.82. The van der Waals surface area contributed by atoms with E-state index in [0.717, 1.165) is 25.9 Å². The van der Waals surface area contributed by atoms with Crippen LogP contribution in [-0.4, -0.2) is 23.3 Å². The molecule has 1 heterocycles. The number of aryl methyl sites for hydroxylation is 1. The summed E-state index contributed by atoms with van der Waals surface area (Å²) in [5, 5.41) is 11.3. The lowest BCUT2D eigenvalue weighted by Crippen LogP contribution is -2.16. The van der Waals surface area contributed by atoms with Crippen molar-refractivity contribution in [3.05, 3.63) is 34.9 Å². The Morgan fingerprint density at radius 3 is 2.90 bits per heavy atom. The monoisotopic (exact) mass is 297 g/mol. The molecule has 0 unspecified atom stereocenters. The molecule has 1 aromatic carbocycles. The molecule has 4 nitrogen and oxygen atoms in total. The van der Waals surface area contributed by atoms with Gasteiger partial charge in [0.05, 0.1) is 10.6 Å². The number of hydrogen-bond donors (Lipinski definition) is 1. The highest BCUT2D eigenvalue weighted by Gasteiger charge is 2.16. The van der Waals surface area contributed by atoms with Crippen LogP contribution >= 0.6 is 11.6 Å². The largest absolute Gasteiger partial charge is 0.421 e. The zero-order valence-corrected chi connectivity index (χ0v) is 12.1. The van der Waals surface area contributed by atoms with Gasteiger partial charge in [-0.05, 0) is 38.1 Å². The van der Waals surface area contributed by atoms with Crippen molar-refractivity contribution in [1.29, 1.82) is 0 Å². The van der Waals surface area contributed by atoms with Gasteiger partial charge in [0.15, 0.2) is 0 Å². The third kappa shape index (κ3) is 3.77. The summed E-state index contributed by atoms with van der Waals surface area (Å²) in [4.78, 5) is 0. The molecule has 20 heavy (non-hydrogen) atoms. The molecule has 0 atom stereocenters. The van der Waals surface area contributed by atoms with E-state index in [-0.39, 0.29) is 16.5 Å². The molecule has 0 saturated heterocycles. The molecule has 0 aliphatic carbocycles. The summed E-state index contributed by atoms with van der Waals surface area (Å²) in [6.45, 7) is 4.02. The van der Waals surface area contributed by atoms with Crippen molar-refractivity contribution < 1.29 is 8.81 Å². The number of aromatic nitrogens is 2. The molecular weight excluding hydrogens is 281 g/mol. The van der Waals surface area contributed by atoms with Crippen LogP contribution in [0.25, 0.3) is 11.5 Å². The Hall–Kier alpha value is -1.46. The van der Waals surface area contributed by atoms with Gasteiger partial charge in [-0.25, -0.2) is 4.39 Å². The molecule has 0 aliphatic heterocycles. The van der Waals surface area contributed by atoms with Gasteiger partial charge in [-0.3, -0.25) is 0 Å². The van der Waals surface area contributed by atoms with E-state index < -0.39 is 5.82 Å². The Balaban J connectivity index is 1.98. The predicted octanol–water partition coefficient (Wildman–Crippen LogP) is 3.46. The van der Waals surface area contributed by atoms with Crippen molar-refractivity contribution in [1.82, 2.24) is 15.5 Å². The molecule has 108 valence electrons. The molecule has 1 aromatic heterocycles. The highest BCUT2D eigenvalue weighted by atomic mass is 35.5. The average molecular weight is 298 g/mol. The Bertz CT molecular complexity index is 539. The number of halogens is 2. The molecule has 0 saturated carbocycles. The highest BCUT2D eigenvalue weighted by Crippen LogP contribution is 2.29. The van der Waals surface area contributed by atoms with E-state index in [1.54, 1.807) is 6.07 Å². The summed E-state index contributed by atoms with van der Waals surface area (Å²) in [5.41, 5.74) is 0.164. The van der Waals surface area contributed by atoms with Crippen molar-refractivity contribution in [3.63, 3.8) is 0 Å². The second kappa shape index (κ2) is 7.36. The van der Waals surface area contributed by atoms with Gasteiger partial charge in [0.1, 0.15) is 5.82 Å². The van der Waals surface area contributed by atoms with Gasteiger partial charge in [-0.1, -0.05) is 24.6 Å². The molecule has 6 heteroatoms. The first kappa shape index (κ1) is 14.9. The summed E-state index contributed by atoms with van der Waals surface area (Å²) in [7, 11) is 0. The van der Waals surface area contributed by atoms with E-state index in [2.05, 4.69) is 22.4 Å². The van der Waals surface area contributed by atoms with Crippen LogP contribution in [0.3, 0.4) is 0 Å². The zero-order valence-electron chi connectivity index (χ0n) is 11.3. The van der Waals surface area contributed by atoms with Crippen molar-refractivity contribution in [2.24, 2.45) is 0 Å². The van der Waals surface area contributed by atoms with Crippen LogP contribution in [0.15, 0.2) is 22.6 Å². The van der Waals surface area contributed by atoms with Crippen LogP contribution in [0.5, 0.6) is 0 Å². The minimum Gasteiger partial charge on any atom is -0.421 e. The molecule has 0 radical (unpaired) electrons. The molecule has 0 bridgehead atoms. The van der Waals surface area contributed by atoms with Crippen LogP contribution < -0.4 is 5.32 Å². The fourth-order valence-corrected chi connectivity index (χ4v) is 2.07. The lowest BCUT2D eigenvalue weighted by atomic mass is 10.2. The maximum Gasteiger partial charge on any atom is 0.252 e. The second-order valence-corrected chi connectivity index (χ2v) is 4.86. The third-order valence-electron chi connectivity index (χ3n) is 2.81. The molecule has 0 amide bonds. The highest BCUT2D eigenvalue weighted by molar-refractivity contribution is 6.33. The number of hydrogen-bond acceptors (Lipinski definition) is 4. The van der Waals surface area contributed by atoms with E-state index >= 15 is 0 Å². The molecule has 1 N–H and O–H groups in total. The molecule has 2 rings (SSSR count). The summed E-state index contributed by atoms with van der Waals surface area (Å²) in [6, 6.07) is 4.45. The Kier molecular flexibility index (Phi) is 5.49.